The van der Waals surface area contributed by atoms with Gasteiger partial charge in [-0.05, 0) is 91.5 Å². The number of hydrogen-bond donors (Lipinski definition) is 0. The van der Waals surface area contributed by atoms with E-state index in [4.69, 9.17) is 4.74 Å². The molecule has 2 saturated carbocycles. The second-order valence-corrected chi connectivity index (χ2v) is 11.3. The van der Waals surface area contributed by atoms with Gasteiger partial charge in [-0.25, -0.2) is 4.79 Å². The highest BCUT2D eigenvalue weighted by Crippen LogP contribution is 2.63. The van der Waals surface area contributed by atoms with E-state index in [1.165, 1.54) is 56.7 Å². The Kier molecular flexibility index (Phi) is 5.66. The average molecular weight is 435 g/mol. The first kappa shape index (κ1) is 21.1. The Bertz CT molecular complexity index is 943. The van der Waals surface area contributed by atoms with E-state index in [-0.39, 0.29) is 10.7 Å². The number of carbonyl (C=O) groups excluding carboxylic acids is 1. The molecular formula is C28H34O2S. The minimum atomic E-state index is -0.201. The summed E-state index contributed by atoms with van der Waals surface area (Å²) < 4.78 is 5.43. The predicted molar refractivity (Wildman–Crippen MR) is 129 cm³/mol. The van der Waals surface area contributed by atoms with Gasteiger partial charge in [-0.3, -0.25) is 0 Å². The fraction of sp³-hybridized carbons (Fsp3) is 0.536. The van der Waals surface area contributed by atoms with Crippen molar-refractivity contribution >= 4 is 17.1 Å². The van der Waals surface area contributed by atoms with Gasteiger partial charge in [-0.15, -0.1) is 0 Å². The lowest BCUT2D eigenvalue weighted by atomic mass is 9.50. The van der Waals surface area contributed by atoms with E-state index in [1.807, 2.05) is 30.3 Å². The van der Waals surface area contributed by atoms with Gasteiger partial charge in [0.15, 0.2) is 0 Å². The lowest BCUT2D eigenvalue weighted by molar-refractivity contribution is 0.110. The van der Waals surface area contributed by atoms with Crippen LogP contribution in [-0.4, -0.2) is 11.1 Å². The third kappa shape index (κ3) is 3.73. The van der Waals surface area contributed by atoms with E-state index < -0.39 is 0 Å². The van der Waals surface area contributed by atoms with Gasteiger partial charge in [-0.1, -0.05) is 73.4 Å². The van der Waals surface area contributed by atoms with Crippen LogP contribution in [0.25, 0.3) is 0 Å². The SMILES string of the molecule is C[C@]12CCCCC1=CC=C1[C@@H]2CC[C@]2(C)C(CCSC(=O)Oc3ccccc3)=CC[C@@H]12. The number of hydrogen-bond acceptors (Lipinski definition) is 3. The van der Waals surface area contributed by atoms with Crippen molar-refractivity contribution in [3.8, 4) is 5.75 Å². The molecule has 0 aliphatic heterocycles. The molecular weight excluding hydrogens is 400 g/mol. The van der Waals surface area contributed by atoms with Crippen LogP contribution in [0.2, 0.25) is 0 Å². The summed E-state index contributed by atoms with van der Waals surface area (Å²) in [7, 11) is 0. The molecule has 0 spiro atoms. The maximum atomic E-state index is 12.2. The number of para-hydroxylation sites is 1. The summed E-state index contributed by atoms with van der Waals surface area (Å²) in [6.45, 7) is 5.04. The van der Waals surface area contributed by atoms with E-state index in [0.717, 1.165) is 18.1 Å². The number of rotatable bonds is 4. The third-order valence-electron chi connectivity index (χ3n) is 8.77. The van der Waals surface area contributed by atoms with Crippen LogP contribution in [0.3, 0.4) is 0 Å². The van der Waals surface area contributed by atoms with Gasteiger partial charge < -0.3 is 4.74 Å². The second kappa shape index (κ2) is 8.31. The Morgan fingerprint density at radius 3 is 2.74 bits per heavy atom. The highest BCUT2D eigenvalue weighted by molar-refractivity contribution is 8.13. The van der Waals surface area contributed by atoms with Crippen LogP contribution in [0, 0.1) is 22.7 Å². The molecule has 2 nitrogen and oxygen atoms in total. The van der Waals surface area contributed by atoms with Crippen LogP contribution in [-0.2, 0) is 0 Å². The minimum absolute atomic E-state index is 0.201. The molecule has 0 radical (unpaired) electrons. The Labute approximate surface area is 191 Å². The molecule has 0 amide bonds. The van der Waals surface area contributed by atoms with Crippen LogP contribution in [0.1, 0.15) is 65.2 Å². The van der Waals surface area contributed by atoms with Crippen LogP contribution in [0.5, 0.6) is 5.75 Å². The number of fused-ring (bicyclic) bond motifs is 5. The van der Waals surface area contributed by atoms with Crippen molar-refractivity contribution in [3.63, 3.8) is 0 Å². The lowest BCUT2D eigenvalue weighted by Gasteiger charge is -2.54. The molecule has 0 N–H and O–H groups in total. The zero-order valence-corrected chi connectivity index (χ0v) is 19.7. The standard InChI is InChI=1S/C28H34O2S/c1-27-17-7-6-8-20(27)11-13-23-24-14-12-21(28(24,2)18-15-25(23)27)16-19-31-26(29)30-22-9-4-3-5-10-22/h3-5,9-13,24-25H,6-8,14-19H2,1-2H3/t24-,25-,27-,28+/m0/s1. The maximum Gasteiger partial charge on any atom is 0.372 e. The van der Waals surface area contributed by atoms with E-state index in [2.05, 4.69) is 32.1 Å². The van der Waals surface area contributed by atoms with Gasteiger partial charge >= 0.3 is 5.30 Å². The summed E-state index contributed by atoms with van der Waals surface area (Å²) in [4.78, 5) is 12.2. The number of ether oxygens (including phenoxy) is 1. The van der Waals surface area contributed by atoms with Gasteiger partial charge in [0, 0.05) is 5.75 Å². The van der Waals surface area contributed by atoms with E-state index in [1.54, 1.807) is 16.7 Å². The first-order chi connectivity index (χ1) is 15.0. The zero-order valence-electron chi connectivity index (χ0n) is 18.9. The second-order valence-electron chi connectivity index (χ2n) is 10.3. The molecule has 0 aromatic heterocycles. The molecule has 0 bridgehead atoms. The van der Waals surface area contributed by atoms with Crippen molar-refractivity contribution in [2.24, 2.45) is 22.7 Å². The normalized spacial score (nSPS) is 33.9. The summed E-state index contributed by atoms with van der Waals surface area (Å²) in [5.41, 5.74) is 5.69. The van der Waals surface area contributed by atoms with Gasteiger partial charge in [0.05, 0.1) is 0 Å². The fourth-order valence-electron chi connectivity index (χ4n) is 6.96. The molecule has 31 heavy (non-hydrogen) atoms. The first-order valence-electron chi connectivity index (χ1n) is 12.0. The van der Waals surface area contributed by atoms with Crippen molar-refractivity contribution in [1.82, 2.24) is 0 Å². The molecule has 5 rings (SSSR count). The number of thioether (sulfide) groups is 1. The maximum absolute atomic E-state index is 12.2. The molecule has 4 aliphatic carbocycles. The molecule has 1 aromatic rings. The molecule has 4 atom stereocenters. The monoisotopic (exact) mass is 434 g/mol. The molecule has 3 heteroatoms. The number of benzene rings is 1. The van der Waals surface area contributed by atoms with E-state index in [0.29, 0.717) is 17.1 Å². The molecule has 0 saturated heterocycles. The summed E-state index contributed by atoms with van der Waals surface area (Å²) in [5, 5.41) is -0.201. The zero-order chi connectivity index (χ0) is 21.5. The largest absolute Gasteiger partial charge is 0.418 e. The molecule has 2 fully saturated rings. The highest BCUT2D eigenvalue weighted by Gasteiger charge is 2.53. The van der Waals surface area contributed by atoms with Crippen LogP contribution >= 0.6 is 11.8 Å². The summed E-state index contributed by atoms with van der Waals surface area (Å²) >= 11 is 1.31. The van der Waals surface area contributed by atoms with Gasteiger partial charge in [0.25, 0.3) is 0 Å². The van der Waals surface area contributed by atoms with Gasteiger partial charge in [-0.2, -0.15) is 0 Å². The summed E-state index contributed by atoms with van der Waals surface area (Å²) in [6.07, 6.45) is 17.7. The summed E-state index contributed by atoms with van der Waals surface area (Å²) in [5.74, 6) is 2.82. The van der Waals surface area contributed by atoms with Crippen molar-refractivity contribution in [2.45, 2.75) is 65.2 Å². The topological polar surface area (TPSA) is 26.3 Å². The Morgan fingerprint density at radius 2 is 1.90 bits per heavy atom. The lowest BCUT2D eigenvalue weighted by Crippen LogP contribution is -2.44. The highest BCUT2D eigenvalue weighted by atomic mass is 32.2. The smallest absolute Gasteiger partial charge is 0.372 e. The van der Waals surface area contributed by atoms with Gasteiger partial charge in [0.2, 0.25) is 0 Å². The van der Waals surface area contributed by atoms with Crippen molar-refractivity contribution in [2.75, 3.05) is 5.75 Å². The number of allylic oxidation sites excluding steroid dienone is 6. The van der Waals surface area contributed by atoms with E-state index in [9.17, 15) is 4.79 Å². The third-order valence-corrected chi connectivity index (χ3v) is 9.49. The Balaban J connectivity index is 1.23. The van der Waals surface area contributed by atoms with Crippen LogP contribution < -0.4 is 4.74 Å². The fourth-order valence-corrected chi connectivity index (χ4v) is 7.60. The average Bonchev–Trinajstić information content (AvgIpc) is 3.10. The molecule has 164 valence electrons. The van der Waals surface area contributed by atoms with Crippen molar-refractivity contribution in [1.29, 1.82) is 0 Å². The number of carbonyl (C=O) groups is 1. The van der Waals surface area contributed by atoms with Gasteiger partial charge in [0.1, 0.15) is 5.75 Å². The molecule has 4 aliphatic rings. The molecule has 0 unspecified atom stereocenters. The molecule has 0 heterocycles. The Hall–Kier alpha value is -1.74. The van der Waals surface area contributed by atoms with Crippen LogP contribution in [0.4, 0.5) is 4.79 Å². The first-order valence-corrected chi connectivity index (χ1v) is 13.0. The predicted octanol–water partition coefficient (Wildman–Crippen LogP) is 8.12. The van der Waals surface area contributed by atoms with E-state index >= 15 is 0 Å². The molecule has 1 aromatic carbocycles. The minimum Gasteiger partial charge on any atom is -0.418 e. The quantitative estimate of drug-likeness (QED) is 0.353. The summed E-state index contributed by atoms with van der Waals surface area (Å²) in [6, 6.07) is 9.36. The van der Waals surface area contributed by atoms with Crippen molar-refractivity contribution < 1.29 is 9.53 Å². The van der Waals surface area contributed by atoms with Crippen LogP contribution in [0.15, 0.2) is 65.3 Å². The van der Waals surface area contributed by atoms with Crippen molar-refractivity contribution in [3.05, 3.63) is 65.3 Å². The Morgan fingerprint density at radius 1 is 1.06 bits per heavy atom.